The number of hydrogen-bond acceptors (Lipinski definition) is 5. The number of halogens is 1. The van der Waals surface area contributed by atoms with E-state index in [2.05, 4.69) is 32.4 Å². The number of likely N-dealkylation sites (tertiary alicyclic amines) is 1. The maximum Gasteiger partial charge on any atom is 0.224 e. The molecule has 1 aromatic heterocycles. The molecule has 0 spiro atoms. The van der Waals surface area contributed by atoms with Crippen LogP contribution in [0.4, 0.5) is 16.2 Å². The van der Waals surface area contributed by atoms with Crippen LogP contribution >= 0.6 is 0 Å². The van der Waals surface area contributed by atoms with E-state index in [0.717, 1.165) is 32.6 Å². The standard InChI is InChI=1S/C12H20FN5/c1-3-18-5-4-9(8-18)6-15-11-10(13)7-16-12(14-2)17-11/h7,9H,3-6,8H2,1-2H3,(H2,14,15,16,17). The summed E-state index contributed by atoms with van der Waals surface area (Å²) in [6.07, 6.45) is 2.35. The van der Waals surface area contributed by atoms with E-state index in [1.807, 2.05) is 0 Å². The smallest absolute Gasteiger partial charge is 0.224 e. The van der Waals surface area contributed by atoms with Crippen molar-refractivity contribution in [1.29, 1.82) is 0 Å². The van der Waals surface area contributed by atoms with Crippen molar-refractivity contribution in [3.8, 4) is 0 Å². The van der Waals surface area contributed by atoms with Gasteiger partial charge in [-0.05, 0) is 25.4 Å². The molecule has 6 heteroatoms. The van der Waals surface area contributed by atoms with Crippen LogP contribution in [0.25, 0.3) is 0 Å². The van der Waals surface area contributed by atoms with E-state index in [1.54, 1.807) is 7.05 Å². The lowest BCUT2D eigenvalue weighted by molar-refractivity contribution is 0.345. The molecule has 2 N–H and O–H groups in total. The van der Waals surface area contributed by atoms with Gasteiger partial charge in [0, 0.05) is 20.1 Å². The first-order valence-electron chi connectivity index (χ1n) is 6.39. The summed E-state index contributed by atoms with van der Waals surface area (Å²) in [7, 11) is 1.72. The van der Waals surface area contributed by atoms with Crippen molar-refractivity contribution in [3.63, 3.8) is 0 Å². The molecule has 1 unspecified atom stereocenters. The van der Waals surface area contributed by atoms with Gasteiger partial charge in [-0.3, -0.25) is 0 Å². The van der Waals surface area contributed by atoms with Gasteiger partial charge < -0.3 is 15.5 Å². The van der Waals surface area contributed by atoms with Crippen LogP contribution in [0.15, 0.2) is 6.20 Å². The second-order valence-electron chi connectivity index (χ2n) is 4.57. The van der Waals surface area contributed by atoms with E-state index in [-0.39, 0.29) is 5.82 Å². The predicted octanol–water partition coefficient (Wildman–Crippen LogP) is 1.41. The fourth-order valence-corrected chi connectivity index (χ4v) is 2.22. The lowest BCUT2D eigenvalue weighted by Crippen LogP contribution is -2.23. The molecule has 1 saturated heterocycles. The summed E-state index contributed by atoms with van der Waals surface area (Å²) >= 11 is 0. The molecule has 1 atom stereocenters. The average molecular weight is 253 g/mol. The third kappa shape index (κ3) is 3.07. The predicted molar refractivity (Wildman–Crippen MR) is 70.2 cm³/mol. The minimum absolute atomic E-state index is 0.282. The second-order valence-corrected chi connectivity index (χ2v) is 4.57. The number of nitrogens with zero attached hydrogens (tertiary/aromatic N) is 3. The van der Waals surface area contributed by atoms with Crippen molar-refractivity contribution in [3.05, 3.63) is 12.0 Å². The number of rotatable bonds is 5. The average Bonchev–Trinajstić information content (AvgIpc) is 2.86. The van der Waals surface area contributed by atoms with Crippen LogP contribution < -0.4 is 10.6 Å². The minimum Gasteiger partial charge on any atom is -0.367 e. The van der Waals surface area contributed by atoms with Crippen molar-refractivity contribution < 1.29 is 4.39 Å². The molecule has 2 heterocycles. The number of anilines is 2. The highest BCUT2D eigenvalue weighted by molar-refractivity contribution is 5.40. The molecule has 5 nitrogen and oxygen atoms in total. The van der Waals surface area contributed by atoms with E-state index in [1.165, 1.54) is 6.20 Å². The molecular formula is C12H20FN5. The lowest BCUT2D eigenvalue weighted by atomic mass is 10.1. The van der Waals surface area contributed by atoms with Crippen molar-refractivity contribution in [1.82, 2.24) is 14.9 Å². The number of hydrogen-bond donors (Lipinski definition) is 2. The van der Waals surface area contributed by atoms with Crippen LogP contribution in [0.1, 0.15) is 13.3 Å². The lowest BCUT2D eigenvalue weighted by Gasteiger charge is -2.14. The van der Waals surface area contributed by atoms with Gasteiger partial charge in [0.1, 0.15) is 0 Å². The monoisotopic (exact) mass is 253 g/mol. The highest BCUT2D eigenvalue weighted by atomic mass is 19.1. The number of nitrogens with one attached hydrogen (secondary N) is 2. The zero-order valence-electron chi connectivity index (χ0n) is 10.9. The maximum atomic E-state index is 13.5. The Morgan fingerprint density at radius 1 is 1.56 bits per heavy atom. The van der Waals surface area contributed by atoms with Gasteiger partial charge in [0.05, 0.1) is 6.20 Å². The van der Waals surface area contributed by atoms with Crippen molar-refractivity contribution in [2.45, 2.75) is 13.3 Å². The summed E-state index contributed by atoms with van der Waals surface area (Å²) in [5.74, 6) is 0.876. The fraction of sp³-hybridized carbons (Fsp3) is 0.667. The van der Waals surface area contributed by atoms with Gasteiger partial charge in [-0.15, -0.1) is 0 Å². The molecule has 0 radical (unpaired) electrons. The summed E-state index contributed by atoms with van der Waals surface area (Å²) < 4.78 is 13.5. The zero-order valence-corrected chi connectivity index (χ0v) is 10.9. The van der Waals surface area contributed by atoms with Crippen molar-refractivity contribution in [2.24, 2.45) is 5.92 Å². The van der Waals surface area contributed by atoms with E-state index in [9.17, 15) is 4.39 Å². The maximum absolute atomic E-state index is 13.5. The van der Waals surface area contributed by atoms with E-state index in [0.29, 0.717) is 11.9 Å². The molecule has 1 aliphatic rings. The highest BCUT2D eigenvalue weighted by Crippen LogP contribution is 2.17. The first kappa shape index (κ1) is 13.0. The van der Waals surface area contributed by atoms with Gasteiger partial charge in [0.25, 0.3) is 0 Å². The van der Waals surface area contributed by atoms with Crippen molar-refractivity contribution >= 4 is 11.8 Å². The summed E-state index contributed by atoms with van der Waals surface area (Å²) in [5.41, 5.74) is 0. The van der Waals surface area contributed by atoms with E-state index < -0.39 is 5.82 Å². The first-order valence-corrected chi connectivity index (χ1v) is 6.39. The topological polar surface area (TPSA) is 53.1 Å². The molecule has 0 aliphatic carbocycles. The highest BCUT2D eigenvalue weighted by Gasteiger charge is 2.21. The Hall–Kier alpha value is -1.43. The molecule has 0 amide bonds. The van der Waals surface area contributed by atoms with Crippen LogP contribution in [0.2, 0.25) is 0 Å². The Kier molecular flexibility index (Phi) is 4.30. The van der Waals surface area contributed by atoms with Crippen molar-refractivity contribution in [2.75, 3.05) is 43.9 Å². The molecule has 100 valence electrons. The SMILES string of the molecule is CCN1CCC(CNc2nc(NC)ncc2F)C1. The quantitative estimate of drug-likeness (QED) is 0.831. The molecule has 1 fully saturated rings. The van der Waals surface area contributed by atoms with Gasteiger partial charge in [-0.25, -0.2) is 9.37 Å². The molecular weight excluding hydrogens is 233 g/mol. The van der Waals surface area contributed by atoms with Gasteiger partial charge in [0.15, 0.2) is 11.6 Å². The van der Waals surface area contributed by atoms with Crippen LogP contribution in [-0.4, -0.2) is 48.1 Å². The van der Waals surface area contributed by atoms with Crippen LogP contribution in [0.3, 0.4) is 0 Å². The molecule has 1 aliphatic heterocycles. The molecule has 0 bridgehead atoms. The molecule has 0 aromatic carbocycles. The molecule has 1 aromatic rings. The van der Waals surface area contributed by atoms with Gasteiger partial charge in [-0.2, -0.15) is 4.98 Å². The minimum atomic E-state index is -0.403. The van der Waals surface area contributed by atoms with Crippen LogP contribution in [-0.2, 0) is 0 Å². The Bertz CT molecular complexity index is 398. The third-order valence-corrected chi connectivity index (χ3v) is 3.34. The largest absolute Gasteiger partial charge is 0.367 e. The van der Waals surface area contributed by atoms with Gasteiger partial charge in [-0.1, -0.05) is 6.92 Å². The summed E-state index contributed by atoms with van der Waals surface area (Å²) in [6.45, 7) is 6.22. The van der Waals surface area contributed by atoms with Gasteiger partial charge >= 0.3 is 0 Å². The Morgan fingerprint density at radius 3 is 3.06 bits per heavy atom. The molecule has 0 saturated carbocycles. The normalized spacial score (nSPS) is 20.1. The zero-order chi connectivity index (χ0) is 13.0. The Morgan fingerprint density at radius 2 is 2.39 bits per heavy atom. The number of aromatic nitrogens is 2. The third-order valence-electron chi connectivity index (χ3n) is 3.34. The first-order chi connectivity index (χ1) is 8.72. The fourth-order valence-electron chi connectivity index (χ4n) is 2.22. The van der Waals surface area contributed by atoms with E-state index in [4.69, 9.17) is 0 Å². The van der Waals surface area contributed by atoms with Gasteiger partial charge in [0.2, 0.25) is 5.95 Å². The summed E-state index contributed by atoms with van der Waals surface area (Å²) in [4.78, 5) is 10.3. The van der Waals surface area contributed by atoms with E-state index >= 15 is 0 Å². The van der Waals surface area contributed by atoms with Crippen LogP contribution in [0, 0.1) is 11.7 Å². The second kappa shape index (κ2) is 5.95. The Labute approximate surface area is 107 Å². The summed E-state index contributed by atoms with van der Waals surface area (Å²) in [5, 5.41) is 5.88. The van der Waals surface area contributed by atoms with Crippen LogP contribution in [0.5, 0.6) is 0 Å². The summed E-state index contributed by atoms with van der Waals surface area (Å²) in [6, 6.07) is 0. The molecule has 18 heavy (non-hydrogen) atoms. The molecule has 2 rings (SSSR count). The Balaban J connectivity index is 1.90.